The third-order valence-electron chi connectivity index (χ3n) is 4.24. The van der Waals surface area contributed by atoms with Crippen molar-refractivity contribution in [1.29, 1.82) is 5.26 Å². The highest BCUT2D eigenvalue weighted by Crippen LogP contribution is 2.21. The number of anilines is 1. The van der Waals surface area contributed by atoms with Crippen LogP contribution in [0.4, 0.5) is 11.4 Å². The summed E-state index contributed by atoms with van der Waals surface area (Å²) in [6, 6.07) is 14.1. The van der Waals surface area contributed by atoms with Crippen molar-refractivity contribution < 1.29 is 15.1 Å². The molecule has 0 bridgehead atoms. The van der Waals surface area contributed by atoms with Crippen LogP contribution >= 0.6 is 0 Å². The summed E-state index contributed by atoms with van der Waals surface area (Å²) in [7, 11) is 0. The van der Waals surface area contributed by atoms with Gasteiger partial charge in [-0.25, -0.2) is 0 Å². The first-order chi connectivity index (χ1) is 13.6. The molecule has 0 aliphatic heterocycles. The third-order valence-corrected chi connectivity index (χ3v) is 4.24. The monoisotopic (exact) mass is 381 g/mol. The van der Waals surface area contributed by atoms with Crippen LogP contribution in [0.25, 0.3) is 12.2 Å². The normalized spacial score (nSPS) is 10.8. The summed E-state index contributed by atoms with van der Waals surface area (Å²) < 4.78 is 0. The topological polar surface area (TPSA) is 111 Å². The van der Waals surface area contributed by atoms with Gasteiger partial charge in [0.25, 0.3) is 5.69 Å². The van der Waals surface area contributed by atoms with Gasteiger partial charge in [-0.15, -0.1) is 0 Å². The third kappa shape index (κ3) is 5.91. The van der Waals surface area contributed by atoms with E-state index in [0.29, 0.717) is 31.5 Å². The predicted molar refractivity (Wildman–Crippen MR) is 109 cm³/mol. The zero-order chi connectivity index (χ0) is 20.4. The van der Waals surface area contributed by atoms with Crippen LogP contribution in [0.15, 0.2) is 42.5 Å². The summed E-state index contributed by atoms with van der Waals surface area (Å²) in [5.41, 5.74) is 2.51. The summed E-state index contributed by atoms with van der Waals surface area (Å²) in [5, 5.41) is 38.1. The fourth-order valence-electron chi connectivity index (χ4n) is 2.79. The number of nitrogens with zero attached hydrogens (tertiary/aromatic N) is 3. The molecule has 7 nitrogen and oxygen atoms in total. The average Bonchev–Trinajstić information content (AvgIpc) is 2.72. The smallest absolute Gasteiger partial charge is 0.287 e. The van der Waals surface area contributed by atoms with Crippen molar-refractivity contribution in [2.45, 2.75) is 12.8 Å². The lowest BCUT2D eigenvalue weighted by Gasteiger charge is -2.24. The van der Waals surface area contributed by atoms with Crippen LogP contribution in [-0.4, -0.2) is 41.4 Å². The molecule has 146 valence electrons. The van der Waals surface area contributed by atoms with Gasteiger partial charge in [0.05, 0.1) is 4.92 Å². The number of nitro benzene ring substituents is 1. The zero-order valence-electron chi connectivity index (χ0n) is 15.5. The van der Waals surface area contributed by atoms with Crippen molar-refractivity contribution in [1.82, 2.24) is 0 Å². The van der Waals surface area contributed by atoms with Crippen LogP contribution in [0.2, 0.25) is 0 Å². The summed E-state index contributed by atoms with van der Waals surface area (Å²) in [5.74, 6) is 0. The highest BCUT2D eigenvalue weighted by Gasteiger charge is 2.12. The lowest BCUT2D eigenvalue weighted by molar-refractivity contribution is -0.385. The molecule has 0 atom stereocenters. The van der Waals surface area contributed by atoms with Gasteiger partial charge >= 0.3 is 0 Å². The summed E-state index contributed by atoms with van der Waals surface area (Å²) in [4.78, 5) is 12.4. The van der Waals surface area contributed by atoms with Gasteiger partial charge < -0.3 is 15.1 Å². The number of hydrogen-bond donors (Lipinski definition) is 2. The Balaban J connectivity index is 2.12. The lowest BCUT2D eigenvalue weighted by atomic mass is 10.1. The molecule has 0 fully saturated rings. The van der Waals surface area contributed by atoms with Crippen LogP contribution in [-0.2, 0) is 0 Å². The van der Waals surface area contributed by atoms with Crippen molar-refractivity contribution in [3.8, 4) is 6.07 Å². The van der Waals surface area contributed by atoms with Crippen LogP contribution in [0, 0.1) is 21.4 Å². The highest BCUT2D eigenvalue weighted by molar-refractivity contribution is 5.72. The van der Waals surface area contributed by atoms with E-state index < -0.39 is 4.92 Å². The van der Waals surface area contributed by atoms with Crippen molar-refractivity contribution in [2.75, 3.05) is 31.2 Å². The number of aliphatic hydroxyl groups is 2. The molecule has 0 radical (unpaired) electrons. The summed E-state index contributed by atoms with van der Waals surface area (Å²) >= 11 is 0. The maximum absolute atomic E-state index is 10.9. The van der Waals surface area contributed by atoms with Crippen molar-refractivity contribution >= 4 is 23.5 Å². The zero-order valence-corrected chi connectivity index (χ0v) is 15.5. The molecule has 0 aliphatic rings. The molecule has 2 rings (SSSR count). The Morgan fingerprint density at radius 3 is 2.11 bits per heavy atom. The molecule has 0 amide bonds. The van der Waals surface area contributed by atoms with E-state index in [-0.39, 0.29) is 24.5 Å². The fourth-order valence-corrected chi connectivity index (χ4v) is 2.79. The largest absolute Gasteiger partial charge is 0.396 e. The highest BCUT2D eigenvalue weighted by atomic mass is 16.6. The first-order valence-corrected chi connectivity index (χ1v) is 9.02. The Bertz CT molecular complexity index is 849. The molecule has 0 aromatic heterocycles. The molecule has 0 unspecified atom stereocenters. The van der Waals surface area contributed by atoms with E-state index in [1.165, 1.54) is 12.1 Å². The maximum Gasteiger partial charge on any atom is 0.287 e. The molecular formula is C21H23N3O4. The van der Waals surface area contributed by atoms with E-state index >= 15 is 0 Å². The van der Waals surface area contributed by atoms with Gasteiger partial charge in [0, 0.05) is 38.1 Å². The van der Waals surface area contributed by atoms with E-state index in [4.69, 9.17) is 15.5 Å². The van der Waals surface area contributed by atoms with Crippen LogP contribution in [0.3, 0.4) is 0 Å². The number of nitriles is 1. The van der Waals surface area contributed by atoms with E-state index in [1.807, 2.05) is 36.4 Å². The quantitative estimate of drug-likeness (QED) is 0.371. The second kappa shape index (κ2) is 10.8. The van der Waals surface area contributed by atoms with Gasteiger partial charge in [0.2, 0.25) is 0 Å². The number of benzene rings is 2. The molecule has 0 saturated heterocycles. The van der Waals surface area contributed by atoms with Gasteiger partial charge in [-0.2, -0.15) is 5.26 Å². The number of nitro groups is 1. The first-order valence-electron chi connectivity index (χ1n) is 9.02. The van der Waals surface area contributed by atoms with Crippen molar-refractivity contribution in [3.63, 3.8) is 0 Å². The van der Waals surface area contributed by atoms with Crippen molar-refractivity contribution in [3.05, 3.63) is 69.3 Å². The van der Waals surface area contributed by atoms with Crippen LogP contribution < -0.4 is 4.90 Å². The molecule has 2 N–H and O–H groups in total. The average molecular weight is 381 g/mol. The summed E-state index contributed by atoms with van der Waals surface area (Å²) in [6.07, 6.45) is 5.00. The van der Waals surface area contributed by atoms with Gasteiger partial charge in [0.15, 0.2) is 0 Å². The Morgan fingerprint density at radius 2 is 1.57 bits per heavy atom. The minimum atomic E-state index is -0.565. The molecular weight excluding hydrogens is 358 g/mol. The number of rotatable bonds is 10. The van der Waals surface area contributed by atoms with Crippen molar-refractivity contribution in [2.24, 2.45) is 0 Å². The van der Waals surface area contributed by atoms with E-state index in [1.54, 1.807) is 12.1 Å². The van der Waals surface area contributed by atoms with E-state index in [0.717, 1.165) is 11.3 Å². The Morgan fingerprint density at radius 1 is 1.00 bits per heavy atom. The lowest BCUT2D eigenvalue weighted by Crippen LogP contribution is -2.26. The minimum Gasteiger partial charge on any atom is -0.396 e. The summed E-state index contributed by atoms with van der Waals surface area (Å²) in [6.45, 7) is 1.67. The molecule has 0 aliphatic carbocycles. The second-order valence-electron chi connectivity index (χ2n) is 6.21. The predicted octanol–water partition coefficient (Wildman–Crippen LogP) is 3.21. The Kier molecular flexibility index (Phi) is 8.15. The minimum absolute atomic E-state index is 0.0332. The van der Waals surface area contributed by atoms with Gasteiger partial charge in [0.1, 0.15) is 11.6 Å². The standard InChI is InChI=1S/C21H23N3O4/c22-16-19-15-18(7-10-21(19)24(27)28)4-3-17-5-8-20(9-6-17)23(11-1-13-25)12-2-14-26/h3-10,15,25-26H,1-2,11-14H2/b4-3+. The van der Waals surface area contributed by atoms with Crippen LogP contribution in [0.1, 0.15) is 29.5 Å². The Labute approximate surface area is 163 Å². The number of aliphatic hydroxyl groups excluding tert-OH is 2. The first kappa shape index (κ1) is 21.1. The van der Waals surface area contributed by atoms with Gasteiger partial charge in [-0.3, -0.25) is 10.1 Å². The van der Waals surface area contributed by atoms with Crippen LogP contribution in [0.5, 0.6) is 0 Å². The molecule has 7 heteroatoms. The molecule has 2 aromatic carbocycles. The fraction of sp³-hybridized carbons (Fsp3) is 0.286. The second-order valence-corrected chi connectivity index (χ2v) is 6.21. The molecule has 28 heavy (non-hydrogen) atoms. The van der Waals surface area contributed by atoms with E-state index in [2.05, 4.69) is 4.90 Å². The molecule has 2 aromatic rings. The SMILES string of the molecule is N#Cc1cc(/C=C/c2ccc(N(CCCO)CCCO)cc2)ccc1[N+](=O)[O-]. The molecule has 0 saturated carbocycles. The Hall–Kier alpha value is -3.21. The molecule has 0 spiro atoms. The van der Waals surface area contributed by atoms with E-state index in [9.17, 15) is 10.1 Å². The maximum atomic E-state index is 10.9. The van der Waals surface area contributed by atoms with Gasteiger partial charge in [-0.05, 0) is 48.2 Å². The van der Waals surface area contributed by atoms with Gasteiger partial charge in [-0.1, -0.05) is 24.3 Å². The number of hydrogen-bond acceptors (Lipinski definition) is 6. The molecule has 0 heterocycles.